The van der Waals surface area contributed by atoms with Crippen LogP contribution in [0.2, 0.25) is 0 Å². The molecule has 5 nitrogen and oxygen atoms in total. The second-order valence-electron chi connectivity index (χ2n) is 5.57. The molecular formula is C15H26IN3O2. The highest BCUT2D eigenvalue weighted by Crippen LogP contribution is 2.24. The molecule has 0 saturated carbocycles. The number of nitrogens with zero attached hydrogens (tertiary/aromatic N) is 1. The number of benzene rings is 1. The summed E-state index contributed by atoms with van der Waals surface area (Å²) >= 11 is 0. The summed E-state index contributed by atoms with van der Waals surface area (Å²) in [7, 11) is 3.30. The van der Waals surface area contributed by atoms with Gasteiger partial charge in [0, 0.05) is 12.1 Å². The predicted octanol–water partition coefficient (Wildman–Crippen LogP) is 2.57. The van der Waals surface area contributed by atoms with Crippen LogP contribution in [0.5, 0.6) is 11.5 Å². The Labute approximate surface area is 144 Å². The number of rotatable bonds is 5. The van der Waals surface area contributed by atoms with E-state index in [0.717, 1.165) is 23.5 Å². The highest BCUT2D eigenvalue weighted by atomic mass is 127. The average Bonchev–Trinajstić information content (AvgIpc) is 2.36. The van der Waals surface area contributed by atoms with Crippen LogP contribution in [0.3, 0.4) is 0 Å². The van der Waals surface area contributed by atoms with Crippen LogP contribution in [0.25, 0.3) is 0 Å². The van der Waals surface area contributed by atoms with E-state index in [2.05, 4.69) is 10.3 Å². The van der Waals surface area contributed by atoms with Crippen LogP contribution < -0.4 is 20.5 Å². The van der Waals surface area contributed by atoms with Gasteiger partial charge in [-0.2, -0.15) is 0 Å². The first-order valence-corrected chi connectivity index (χ1v) is 6.64. The number of hydrogen-bond donors (Lipinski definition) is 2. The molecule has 3 N–H and O–H groups in total. The van der Waals surface area contributed by atoms with Gasteiger partial charge in [0.1, 0.15) is 11.5 Å². The molecule has 0 heterocycles. The molecule has 0 atom stereocenters. The van der Waals surface area contributed by atoms with Gasteiger partial charge in [0.15, 0.2) is 5.96 Å². The molecule has 0 bridgehead atoms. The Balaban J connectivity index is 0.00000400. The fourth-order valence-corrected chi connectivity index (χ4v) is 1.80. The van der Waals surface area contributed by atoms with Crippen molar-refractivity contribution in [2.24, 2.45) is 10.7 Å². The number of methoxy groups -OCH3 is 2. The van der Waals surface area contributed by atoms with E-state index in [1.54, 1.807) is 14.2 Å². The standard InChI is InChI=1S/C15H25N3O2.HI/c1-15(2,3)18-14(16)17-9-8-11-10-12(19-4)6-7-13(11)20-5;/h6-7,10H,8-9H2,1-5H3,(H3,16,17,18);1H. The summed E-state index contributed by atoms with van der Waals surface area (Å²) < 4.78 is 10.6. The molecule has 0 unspecified atom stereocenters. The maximum absolute atomic E-state index is 5.83. The van der Waals surface area contributed by atoms with E-state index >= 15 is 0 Å². The average molecular weight is 407 g/mol. The summed E-state index contributed by atoms with van der Waals surface area (Å²) in [4.78, 5) is 4.32. The van der Waals surface area contributed by atoms with Crippen LogP contribution in [0, 0.1) is 0 Å². The van der Waals surface area contributed by atoms with E-state index in [-0.39, 0.29) is 29.5 Å². The van der Waals surface area contributed by atoms with Crippen molar-refractivity contribution in [2.45, 2.75) is 32.7 Å². The molecule has 0 fully saturated rings. The number of ether oxygens (including phenoxy) is 2. The lowest BCUT2D eigenvalue weighted by Gasteiger charge is -2.21. The van der Waals surface area contributed by atoms with Gasteiger partial charge in [-0.25, -0.2) is 0 Å². The first-order valence-electron chi connectivity index (χ1n) is 6.64. The number of halogens is 1. The minimum absolute atomic E-state index is 0. The van der Waals surface area contributed by atoms with Crippen LogP contribution in [0.15, 0.2) is 23.2 Å². The van der Waals surface area contributed by atoms with Crippen molar-refractivity contribution in [3.63, 3.8) is 0 Å². The number of guanidine groups is 1. The summed E-state index contributed by atoms with van der Waals surface area (Å²) in [6.07, 6.45) is 0.743. The molecule has 0 amide bonds. The summed E-state index contributed by atoms with van der Waals surface area (Å²) in [6, 6.07) is 5.73. The molecule has 120 valence electrons. The molecule has 6 heteroatoms. The Hall–Kier alpha value is -1.18. The Bertz CT molecular complexity index is 470. The zero-order valence-electron chi connectivity index (χ0n) is 13.4. The molecule has 0 aliphatic carbocycles. The number of nitrogens with one attached hydrogen (secondary N) is 1. The quantitative estimate of drug-likeness (QED) is 0.447. The molecule has 0 spiro atoms. The third-order valence-corrected chi connectivity index (χ3v) is 2.65. The van der Waals surface area contributed by atoms with Crippen molar-refractivity contribution in [3.05, 3.63) is 23.8 Å². The summed E-state index contributed by atoms with van der Waals surface area (Å²) in [5.41, 5.74) is 6.81. The van der Waals surface area contributed by atoms with Crippen molar-refractivity contribution in [3.8, 4) is 11.5 Å². The lowest BCUT2D eigenvalue weighted by molar-refractivity contribution is 0.399. The number of nitrogens with two attached hydrogens (primary N) is 1. The Morgan fingerprint density at radius 1 is 1.24 bits per heavy atom. The fraction of sp³-hybridized carbons (Fsp3) is 0.533. The molecule has 1 rings (SSSR count). The summed E-state index contributed by atoms with van der Waals surface area (Å²) in [5, 5.41) is 3.13. The fourth-order valence-electron chi connectivity index (χ4n) is 1.80. The number of aliphatic imine (C=N–C) groups is 1. The first-order chi connectivity index (χ1) is 9.35. The minimum Gasteiger partial charge on any atom is -0.497 e. The van der Waals surface area contributed by atoms with Gasteiger partial charge in [-0.05, 0) is 51.0 Å². The van der Waals surface area contributed by atoms with E-state index in [4.69, 9.17) is 15.2 Å². The van der Waals surface area contributed by atoms with Crippen molar-refractivity contribution in [1.82, 2.24) is 5.32 Å². The van der Waals surface area contributed by atoms with Crippen LogP contribution in [0.4, 0.5) is 0 Å². The maximum atomic E-state index is 5.83. The third-order valence-electron chi connectivity index (χ3n) is 2.65. The van der Waals surface area contributed by atoms with Gasteiger partial charge < -0.3 is 20.5 Å². The largest absolute Gasteiger partial charge is 0.497 e. The lowest BCUT2D eigenvalue weighted by Crippen LogP contribution is -2.45. The van der Waals surface area contributed by atoms with E-state index in [1.807, 2.05) is 39.0 Å². The molecule has 0 radical (unpaired) electrons. The Kier molecular flexibility index (Phi) is 8.46. The molecule has 21 heavy (non-hydrogen) atoms. The van der Waals surface area contributed by atoms with Crippen molar-refractivity contribution >= 4 is 29.9 Å². The molecule has 1 aromatic rings. The van der Waals surface area contributed by atoms with Crippen molar-refractivity contribution in [1.29, 1.82) is 0 Å². The van der Waals surface area contributed by atoms with E-state index < -0.39 is 0 Å². The highest BCUT2D eigenvalue weighted by molar-refractivity contribution is 14.0. The van der Waals surface area contributed by atoms with E-state index in [0.29, 0.717) is 12.5 Å². The van der Waals surface area contributed by atoms with Crippen LogP contribution in [0.1, 0.15) is 26.3 Å². The van der Waals surface area contributed by atoms with Gasteiger partial charge in [-0.15, -0.1) is 24.0 Å². The van der Waals surface area contributed by atoms with Crippen molar-refractivity contribution < 1.29 is 9.47 Å². The first kappa shape index (κ1) is 19.8. The van der Waals surface area contributed by atoms with Crippen LogP contribution in [-0.4, -0.2) is 32.3 Å². The molecular weight excluding hydrogens is 381 g/mol. The molecule has 0 aliphatic rings. The third kappa shape index (κ3) is 7.40. The van der Waals surface area contributed by atoms with Crippen LogP contribution >= 0.6 is 24.0 Å². The van der Waals surface area contributed by atoms with Gasteiger partial charge in [0.2, 0.25) is 0 Å². The maximum Gasteiger partial charge on any atom is 0.188 e. The second-order valence-corrected chi connectivity index (χ2v) is 5.57. The van der Waals surface area contributed by atoms with Gasteiger partial charge in [0.25, 0.3) is 0 Å². The van der Waals surface area contributed by atoms with Gasteiger partial charge >= 0.3 is 0 Å². The predicted molar refractivity (Wildman–Crippen MR) is 98.0 cm³/mol. The van der Waals surface area contributed by atoms with Crippen molar-refractivity contribution in [2.75, 3.05) is 20.8 Å². The van der Waals surface area contributed by atoms with Gasteiger partial charge in [0.05, 0.1) is 14.2 Å². The summed E-state index contributed by atoms with van der Waals surface area (Å²) in [6.45, 7) is 6.72. The lowest BCUT2D eigenvalue weighted by atomic mass is 10.1. The number of hydrogen-bond acceptors (Lipinski definition) is 3. The monoisotopic (exact) mass is 407 g/mol. The molecule has 1 aromatic carbocycles. The minimum atomic E-state index is -0.0821. The normalized spacial score (nSPS) is 11.6. The topological polar surface area (TPSA) is 68.9 Å². The molecule has 0 aliphatic heterocycles. The van der Waals surface area contributed by atoms with Crippen LogP contribution in [-0.2, 0) is 6.42 Å². The highest BCUT2D eigenvalue weighted by Gasteiger charge is 2.10. The molecule has 0 saturated heterocycles. The Morgan fingerprint density at radius 3 is 2.43 bits per heavy atom. The van der Waals surface area contributed by atoms with E-state index in [9.17, 15) is 0 Å². The summed E-state index contributed by atoms with van der Waals surface area (Å²) in [5.74, 6) is 2.10. The van der Waals surface area contributed by atoms with Gasteiger partial charge in [-0.3, -0.25) is 4.99 Å². The SMILES string of the molecule is COc1ccc(OC)c(CCN=C(N)NC(C)(C)C)c1.I. The zero-order chi connectivity index (χ0) is 15.2. The second kappa shape index (κ2) is 8.96. The smallest absolute Gasteiger partial charge is 0.188 e. The Morgan fingerprint density at radius 2 is 1.90 bits per heavy atom. The zero-order valence-corrected chi connectivity index (χ0v) is 15.7. The molecule has 0 aromatic heterocycles. The van der Waals surface area contributed by atoms with E-state index in [1.165, 1.54) is 0 Å². The van der Waals surface area contributed by atoms with Gasteiger partial charge in [-0.1, -0.05) is 0 Å².